The van der Waals surface area contributed by atoms with E-state index >= 15 is 0 Å². The van der Waals surface area contributed by atoms with E-state index in [0.717, 1.165) is 11.3 Å². The van der Waals surface area contributed by atoms with Crippen molar-refractivity contribution in [2.24, 2.45) is 0 Å². The van der Waals surface area contributed by atoms with Crippen LogP contribution in [0.3, 0.4) is 0 Å². The maximum atomic E-state index is 11.3. The van der Waals surface area contributed by atoms with Gasteiger partial charge in [-0.2, -0.15) is 0 Å². The van der Waals surface area contributed by atoms with E-state index in [1.807, 2.05) is 0 Å². The van der Waals surface area contributed by atoms with Crippen molar-refractivity contribution in [2.75, 3.05) is 0 Å². The Kier molecular flexibility index (Phi) is 4.11. The summed E-state index contributed by atoms with van der Waals surface area (Å²) in [5.41, 5.74) is 0.392. The summed E-state index contributed by atoms with van der Waals surface area (Å²) in [5.74, 6) is 0.119. The number of rotatable bonds is 5. The molecule has 1 aromatic carbocycles. The lowest BCUT2D eigenvalue weighted by molar-refractivity contribution is -0.385. The Bertz CT molecular complexity index is 665. The van der Waals surface area contributed by atoms with Gasteiger partial charge < -0.3 is 9.84 Å². The number of aliphatic hydroxyl groups is 1. The molecular formula is C13H11NO5S. The van der Waals surface area contributed by atoms with Crippen LogP contribution in [-0.2, 0) is 6.61 Å². The number of nitro groups is 1. The number of carbonyl (C=O) groups is 1. The fraction of sp³-hybridized carbons (Fsp3) is 0.154. The summed E-state index contributed by atoms with van der Waals surface area (Å²) in [6.07, 6.45) is 0. The molecule has 0 aliphatic rings. The second-order valence-electron chi connectivity index (χ2n) is 4.00. The highest BCUT2D eigenvalue weighted by Gasteiger charge is 2.23. The summed E-state index contributed by atoms with van der Waals surface area (Å²) in [6.45, 7) is 1.19. The second-order valence-corrected chi connectivity index (χ2v) is 5.02. The second kappa shape index (κ2) is 5.81. The largest absolute Gasteiger partial charge is 0.440 e. The maximum absolute atomic E-state index is 11.3. The first-order valence-electron chi connectivity index (χ1n) is 5.68. The number of nitrogens with zero attached hydrogens (tertiary/aromatic N) is 1. The number of ether oxygens (including phenoxy) is 1. The summed E-state index contributed by atoms with van der Waals surface area (Å²) < 4.78 is 5.46. The standard InChI is InChI=1S/C13H11NO5S/c1-8(16)12-6-11(14(17)18)13(20-12)19-10-4-2-3-9(5-10)7-15/h2-6,15H,7H2,1H3. The van der Waals surface area contributed by atoms with Crippen LogP contribution in [0, 0.1) is 10.1 Å². The van der Waals surface area contributed by atoms with Gasteiger partial charge in [-0.25, -0.2) is 0 Å². The molecule has 2 aromatic rings. The molecule has 0 unspecified atom stereocenters. The Labute approximate surface area is 118 Å². The van der Waals surface area contributed by atoms with Gasteiger partial charge >= 0.3 is 5.69 Å². The summed E-state index contributed by atoms with van der Waals surface area (Å²) in [4.78, 5) is 21.9. The van der Waals surface area contributed by atoms with Crippen molar-refractivity contribution in [3.8, 4) is 10.8 Å². The molecule has 20 heavy (non-hydrogen) atoms. The number of benzene rings is 1. The molecule has 1 heterocycles. The number of aliphatic hydroxyl groups excluding tert-OH is 1. The zero-order valence-corrected chi connectivity index (χ0v) is 11.3. The third-order valence-corrected chi connectivity index (χ3v) is 3.62. The van der Waals surface area contributed by atoms with Crippen molar-refractivity contribution < 1.29 is 19.6 Å². The quantitative estimate of drug-likeness (QED) is 0.519. The summed E-state index contributed by atoms with van der Waals surface area (Å²) >= 11 is 0.928. The van der Waals surface area contributed by atoms with Crippen molar-refractivity contribution in [2.45, 2.75) is 13.5 Å². The van der Waals surface area contributed by atoms with Crippen molar-refractivity contribution >= 4 is 22.8 Å². The molecule has 0 saturated carbocycles. The maximum Gasteiger partial charge on any atom is 0.323 e. The van der Waals surface area contributed by atoms with E-state index < -0.39 is 4.92 Å². The van der Waals surface area contributed by atoms with Crippen LogP contribution < -0.4 is 4.74 Å². The minimum absolute atomic E-state index is 0.0512. The van der Waals surface area contributed by atoms with Gasteiger partial charge in [0, 0.05) is 6.07 Å². The fourth-order valence-electron chi connectivity index (χ4n) is 1.55. The zero-order chi connectivity index (χ0) is 14.7. The Morgan fingerprint density at radius 2 is 2.20 bits per heavy atom. The predicted molar refractivity (Wildman–Crippen MR) is 73.4 cm³/mol. The van der Waals surface area contributed by atoms with Crippen LogP contribution in [0.15, 0.2) is 30.3 Å². The van der Waals surface area contributed by atoms with Crippen LogP contribution in [0.5, 0.6) is 10.8 Å². The number of hydrogen-bond donors (Lipinski definition) is 1. The number of Topliss-reactive ketones (excluding diaryl/α,β-unsaturated/α-hetero) is 1. The minimum Gasteiger partial charge on any atom is -0.440 e. The first-order chi connectivity index (χ1) is 9.51. The SMILES string of the molecule is CC(=O)c1cc([N+](=O)[O-])c(Oc2cccc(CO)c2)s1. The highest BCUT2D eigenvalue weighted by molar-refractivity contribution is 7.16. The molecule has 0 atom stereocenters. The van der Waals surface area contributed by atoms with Crippen LogP contribution >= 0.6 is 11.3 Å². The van der Waals surface area contributed by atoms with Gasteiger partial charge in [0.15, 0.2) is 5.78 Å². The summed E-state index contributed by atoms with van der Waals surface area (Å²) in [6, 6.07) is 7.79. The van der Waals surface area contributed by atoms with E-state index in [2.05, 4.69) is 0 Å². The van der Waals surface area contributed by atoms with Gasteiger partial charge in [0.2, 0.25) is 0 Å². The lowest BCUT2D eigenvalue weighted by atomic mass is 10.2. The van der Waals surface area contributed by atoms with E-state index in [1.54, 1.807) is 24.3 Å². The van der Waals surface area contributed by atoms with Gasteiger partial charge in [0.25, 0.3) is 5.06 Å². The van der Waals surface area contributed by atoms with E-state index in [0.29, 0.717) is 11.3 Å². The van der Waals surface area contributed by atoms with Gasteiger partial charge in [-0.1, -0.05) is 23.5 Å². The first kappa shape index (κ1) is 14.2. The molecule has 0 fully saturated rings. The zero-order valence-electron chi connectivity index (χ0n) is 10.5. The lowest BCUT2D eigenvalue weighted by Crippen LogP contribution is -1.90. The van der Waals surface area contributed by atoms with Gasteiger partial charge in [0.1, 0.15) is 5.75 Å². The average molecular weight is 293 g/mol. The third-order valence-electron chi connectivity index (χ3n) is 2.51. The Balaban J connectivity index is 2.36. The molecule has 1 N–H and O–H groups in total. The highest BCUT2D eigenvalue weighted by Crippen LogP contribution is 2.40. The van der Waals surface area contributed by atoms with Crippen LogP contribution in [-0.4, -0.2) is 15.8 Å². The topological polar surface area (TPSA) is 89.7 Å². The number of thiophene rings is 1. The number of carbonyl (C=O) groups excluding carboxylic acids is 1. The van der Waals surface area contributed by atoms with Crippen LogP contribution in [0.4, 0.5) is 5.69 Å². The van der Waals surface area contributed by atoms with Gasteiger partial charge in [-0.15, -0.1) is 0 Å². The first-order valence-corrected chi connectivity index (χ1v) is 6.49. The highest BCUT2D eigenvalue weighted by atomic mass is 32.1. The molecule has 2 rings (SSSR count). The van der Waals surface area contributed by atoms with E-state index in [-0.39, 0.29) is 28.0 Å². The van der Waals surface area contributed by atoms with Crippen LogP contribution in [0.1, 0.15) is 22.2 Å². The number of hydrogen-bond acceptors (Lipinski definition) is 6. The molecule has 6 nitrogen and oxygen atoms in total. The molecule has 0 spiro atoms. The molecule has 7 heteroatoms. The lowest BCUT2D eigenvalue weighted by Gasteiger charge is -2.04. The van der Waals surface area contributed by atoms with E-state index in [9.17, 15) is 14.9 Å². The van der Waals surface area contributed by atoms with E-state index in [4.69, 9.17) is 9.84 Å². The summed E-state index contributed by atoms with van der Waals surface area (Å²) in [7, 11) is 0. The third kappa shape index (κ3) is 3.01. The van der Waals surface area contributed by atoms with Crippen LogP contribution in [0.25, 0.3) is 0 Å². The molecule has 0 aliphatic carbocycles. The molecule has 0 bridgehead atoms. The van der Waals surface area contributed by atoms with E-state index in [1.165, 1.54) is 13.0 Å². The summed E-state index contributed by atoms with van der Waals surface area (Å²) in [5, 5.41) is 20.0. The van der Waals surface area contributed by atoms with Crippen LogP contribution in [0.2, 0.25) is 0 Å². The molecule has 104 valence electrons. The molecular weight excluding hydrogens is 282 g/mol. The average Bonchev–Trinajstić information content (AvgIpc) is 2.83. The van der Waals surface area contributed by atoms with Crippen molar-refractivity contribution in [1.29, 1.82) is 0 Å². The Morgan fingerprint density at radius 3 is 2.80 bits per heavy atom. The molecule has 0 saturated heterocycles. The van der Waals surface area contributed by atoms with Gasteiger partial charge in [0.05, 0.1) is 16.4 Å². The Hall–Kier alpha value is -2.25. The minimum atomic E-state index is -0.589. The van der Waals surface area contributed by atoms with Gasteiger partial charge in [-0.05, 0) is 24.6 Å². The smallest absolute Gasteiger partial charge is 0.323 e. The van der Waals surface area contributed by atoms with Crippen molar-refractivity contribution in [3.63, 3.8) is 0 Å². The fourth-order valence-corrected chi connectivity index (χ4v) is 2.44. The molecule has 1 aromatic heterocycles. The molecule has 0 amide bonds. The Morgan fingerprint density at radius 1 is 1.45 bits per heavy atom. The van der Waals surface area contributed by atoms with Crippen molar-refractivity contribution in [1.82, 2.24) is 0 Å². The van der Waals surface area contributed by atoms with Crippen molar-refractivity contribution in [3.05, 3.63) is 50.9 Å². The molecule has 0 aliphatic heterocycles. The normalized spacial score (nSPS) is 10.3. The molecule has 0 radical (unpaired) electrons. The number of ketones is 1. The monoisotopic (exact) mass is 293 g/mol. The van der Waals surface area contributed by atoms with Gasteiger partial charge in [-0.3, -0.25) is 14.9 Å². The predicted octanol–water partition coefficient (Wildman–Crippen LogP) is 3.14.